The number of nitrogens with zero attached hydrogens (tertiary/aromatic N) is 2. The van der Waals surface area contributed by atoms with E-state index in [4.69, 9.17) is 11.6 Å². The van der Waals surface area contributed by atoms with Gasteiger partial charge in [0, 0.05) is 18.8 Å². The number of pyridine rings is 1. The maximum absolute atomic E-state index is 12.3. The third-order valence-corrected chi connectivity index (χ3v) is 4.32. The Kier molecular flexibility index (Phi) is 5.06. The Morgan fingerprint density at radius 1 is 1.48 bits per heavy atom. The number of rotatable bonds is 2. The number of aromatic nitrogens is 1. The highest BCUT2D eigenvalue weighted by molar-refractivity contribution is 6.32. The van der Waals surface area contributed by atoms with E-state index in [2.05, 4.69) is 10.3 Å². The number of aryl methyl sites for hydroxylation is 2. The van der Waals surface area contributed by atoms with Crippen LogP contribution in [0.2, 0.25) is 5.15 Å². The summed E-state index contributed by atoms with van der Waals surface area (Å²) >= 11 is 6.11. The minimum absolute atomic E-state index is 0.158. The van der Waals surface area contributed by atoms with Crippen LogP contribution in [0, 0.1) is 19.8 Å². The van der Waals surface area contributed by atoms with Crippen LogP contribution in [0.15, 0.2) is 6.07 Å². The van der Waals surface area contributed by atoms with Crippen molar-refractivity contribution in [3.8, 4) is 0 Å². The molecule has 0 bridgehead atoms. The van der Waals surface area contributed by atoms with Gasteiger partial charge in [-0.3, -0.25) is 0 Å². The van der Waals surface area contributed by atoms with Crippen molar-refractivity contribution in [1.29, 1.82) is 0 Å². The molecule has 1 atom stereocenters. The zero-order valence-electron chi connectivity index (χ0n) is 12.7. The summed E-state index contributed by atoms with van der Waals surface area (Å²) in [5.41, 5.74) is 2.30. The fourth-order valence-electron chi connectivity index (χ4n) is 2.71. The molecule has 0 radical (unpaired) electrons. The number of carbonyl (C=O) groups excluding carboxylic acids is 1. The molecule has 1 unspecified atom stereocenters. The van der Waals surface area contributed by atoms with Crippen LogP contribution in [0.4, 0.5) is 10.5 Å². The zero-order valence-corrected chi connectivity index (χ0v) is 13.4. The van der Waals surface area contributed by atoms with Crippen LogP contribution < -0.4 is 5.32 Å². The monoisotopic (exact) mass is 311 g/mol. The number of amides is 2. The first-order valence-corrected chi connectivity index (χ1v) is 7.64. The maximum Gasteiger partial charge on any atom is 0.321 e. The molecular formula is C15H22ClN3O2. The first-order chi connectivity index (χ1) is 9.88. The van der Waals surface area contributed by atoms with Gasteiger partial charge in [-0.2, -0.15) is 0 Å². The van der Waals surface area contributed by atoms with Gasteiger partial charge in [-0.1, -0.05) is 11.6 Å². The van der Waals surface area contributed by atoms with Crippen LogP contribution in [0.1, 0.15) is 31.0 Å². The predicted octanol–water partition coefficient (Wildman–Crippen LogP) is 2.98. The van der Waals surface area contributed by atoms with E-state index in [0.717, 1.165) is 24.1 Å². The summed E-state index contributed by atoms with van der Waals surface area (Å²) in [6, 6.07) is 1.73. The Bertz CT molecular complexity index is 503. The Morgan fingerprint density at radius 3 is 2.62 bits per heavy atom. The average molecular weight is 312 g/mol. The van der Waals surface area contributed by atoms with E-state index in [1.807, 2.05) is 26.8 Å². The van der Waals surface area contributed by atoms with Crippen LogP contribution in [-0.2, 0) is 0 Å². The van der Waals surface area contributed by atoms with Crippen molar-refractivity contribution < 1.29 is 9.90 Å². The molecule has 6 heteroatoms. The van der Waals surface area contributed by atoms with Crippen LogP contribution >= 0.6 is 11.6 Å². The molecule has 1 fully saturated rings. The molecule has 2 N–H and O–H groups in total. The van der Waals surface area contributed by atoms with Gasteiger partial charge >= 0.3 is 6.03 Å². The van der Waals surface area contributed by atoms with Gasteiger partial charge in [0.25, 0.3) is 0 Å². The second-order valence-electron chi connectivity index (χ2n) is 5.74. The van der Waals surface area contributed by atoms with Gasteiger partial charge in [0.15, 0.2) is 5.15 Å². The molecule has 1 aliphatic rings. The van der Waals surface area contributed by atoms with E-state index in [0.29, 0.717) is 23.9 Å². The summed E-state index contributed by atoms with van der Waals surface area (Å²) in [4.78, 5) is 18.2. The first kappa shape index (κ1) is 16.0. The Balaban J connectivity index is 2.00. The standard InChI is InChI=1S/C15H22ClN3O2/c1-9-8-10(2)17-14(16)13(9)18-15(21)19-6-4-12(5-7-19)11(3)20/h8,11-12,20H,4-7H2,1-3H3,(H,18,21). The number of hydrogen-bond acceptors (Lipinski definition) is 3. The number of carbonyl (C=O) groups is 1. The minimum Gasteiger partial charge on any atom is -0.393 e. The summed E-state index contributed by atoms with van der Waals surface area (Å²) in [6.45, 7) is 6.87. The fourth-order valence-corrected chi connectivity index (χ4v) is 3.04. The van der Waals surface area contributed by atoms with Crippen molar-refractivity contribution in [2.75, 3.05) is 18.4 Å². The number of urea groups is 1. The zero-order chi connectivity index (χ0) is 15.6. The molecule has 1 aromatic heterocycles. The van der Waals surface area contributed by atoms with Crippen LogP contribution in [0.25, 0.3) is 0 Å². The molecule has 5 nitrogen and oxygen atoms in total. The number of aliphatic hydroxyl groups is 1. The second kappa shape index (κ2) is 6.62. The lowest BCUT2D eigenvalue weighted by molar-refractivity contribution is 0.0820. The van der Waals surface area contributed by atoms with Gasteiger partial charge < -0.3 is 15.3 Å². The van der Waals surface area contributed by atoms with Gasteiger partial charge in [-0.25, -0.2) is 9.78 Å². The molecule has 2 amide bonds. The number of hydrogen-bond donors (Lipinski definition) is 2. The number of aliphatic hydroxyl groups excluding tert-OH is 1. The van der Waals surface area contributed by atoms with Crippen LogP contribution in [-0.4, -0.2) is 40.2 Å². The lowest BCUT2D eigenvalue weighted by Crippen LogP contribution is -2.43. The van der Waals surface area contributed by atoms with Crippen molar-refractivity contribution >= 4 is 23.3 Å². The molecule has 116 valence electrons. The summed E-state index contributed by atoms with van der Waals surface area (Å²) in [6.07, 6.45) is 1.33. The van der Waals surface area contributed by atoms with E-state index in [1.165, 1.54) is 0 Å². The highest BCUT2D eigenvalue weighted by Gasteiger charge is 2.26. The fraction of sp³-hybridized carbons (Fsp3) is 0.600. The topological polar surface area (TPSA) is 65.5 Å². The molecule has 0 aliphatic carbocycles. The van der Waals surface area contributed by atoms with Gasteiger partial charge in [-0.05, 0) is 51.2 Å². The molecule has 1 aromatic rings. The third-order valence-electron chi connectivity index (χ3n) is 4.04. The summed E-state index contributed by atoms with van der Waals surface area (Å²) < 4.78 is 0. The molecule has 1 saturated heterocycles. The number of piperidine rings is 1. The van der Waals surface area contributed by atoms with Crippen molar-refractivity contribution in [3.63, 3.8) is 0 Å². The number of halogens is 1. The summed E-state index contributed by atoms with van der Waals surface area (Å²) in [5.74, 6) is 0.278. The average Bonchev–Trinajstić information content (AvgIpc) is 2.42. The first-order valence-electron chi connectivity index (χ1n) is 7.26. The van der Waals surface area contributed by atoms with Gasteiger partial charge in [0.05, 0.1) is 11.8 Å². The molecular weight excluding hydrogens is 290 g/mol. The highest BCUT2D eigenvalue weighted by Crippen LogP contribution is 2.26. The quantitative estimate of drug-likeness (QED) is 0.825. The lowest BCUT2D eigenvalue weighted by atomic mass is 9.92. The van der Waals surface area contributed by atoms with Crippen molar-refractivity contribution in [2.45, 2.75) is 39.7 Å². The number of likely N-dealkylation sites (tertiary alicyclic amines) is 1. The minimum atomic E-state index is -0.312. The number of nitrogens with one attached hydrogen (secondary N) is 1. The van der Waals surface area contributed by atoms with Crippen molar-refractivity contribution in [1.82, 2.24) is 9.88 Å². The largest absolute Gasteiger partial charge is 0.393 e. The SMILES string of the molecule is Cc1cc(C)c(NC(=O)N2CCC(C(C)O)CC2)c(Cl)n1. The van der Waals surface area contributed by atoms with E-state index < -0.39 is 0 Å². The Hall–Kier alpha value is -1.33. The van der Waals surface area contributed by atoms with Gasteiger partial charge in [0.1, 0.15) is 0 Å². The van der Waals surface area contributed by atoms with E-state index in [-0.39, 0.29) is 18.1 Å². The van der Waals surface area contributed by atoms with Crippen LogP contribution in [0.3, 0.4) is 0 Å². The molecule has 2 rings (SSSR count). The van der Waals surface area contributed by atoms with E-state index in [1.54, 1.807) is 4.90 Å². The Labute approximate surface area is 130 Å². The number of anilines is 1. The molecule has 0 aromatic carbocycles. The second-order valence-corrected chi connectivity index (χ2v) is 6.10. The maximum atomic E-state index is 12.3. The van der Waals surface area contributed by atoms with E-state index >= 15 is 0 Å². The van der Waals surface area contributed by atoms with Crippen LogP contribution in [0.5, 0.6) is 0 Å². The summed E-state index contributed by atoms with van der Waals surface area (Å²) in [5, 5.41) is 12.8. The van der Waals surface area contributed by atoms with Gasteiger partial charge in [0.2, 0.25) is 0 Å². The van der Waals surface area contributed by atoms with Crippen molar-refractivity contribution in [3.05, 3.63) is 22.5 Å². The third kappa shape index (κ3) is 3.86. The highest BCUT2D eigenvalue weighted by atomic mass is 35.5. The van der Waals surface area contributed by atoms with Crippen molar-refractivity contribution in [2.24, 2.45) is 5.92 Å². The molecule has 0 saturated carbocycles. The molecule has 21 heavy (non-hydrogen) atoms. The van der Waals surface area contributed by atoms with E-state index in [9.17, 15) is 9.90 Å². The normalized spacial score (nSPS) is 17.7. The van der Waals surface area contributed by atoms with Gasteiger partial charge in [-0.15, -0.1) is 0 Å². The predicted molar refractivity (Wildman–Crippen MR) is 83.7 cm³/mol. The summed E-state index contributed by atoms with van der Waals surface area (Å²) in [7, 11) is 0. The molecule has 0 spiro atoms. The molecule has 1 aliphatic heterocycles. The lowest BCUT2D eigenvalue weighted by Gasteiger charge is -2.33. The Morgan fingerprint density at radius 2 is 2.10 bits per heavy atom. The molecule has 2 heterocycles. The smallest absolute Gasteiger partial charge is 0.321 e.